The summed E-state index contributed by atoms with van der Waals surface area (Å²) >= 11 is 0. The van der Waals surface area contributed by atoms with Crippen molar-refractivity contribution >= 4 is 5.91 Å². The Hall–Kier alpha value is -2.77. The van der Waals surface area contributed by atoms with Crippen LogP contribution in [0.25, 0.3) is 0 Å². The van der Waals surface area contributed by atoms with E-state index >= 15 is 0 Å². The standard InChI is InChI=1S/C15H20N4O4/c1-9(12-17-14(21)19-18-12)16-13(20)15(2,3)23-11-8-6-5-7-10(11)22-4/h5-9H,1-4H3,(H,16,20)(H2,17,18,19,21). The highest BCUT2D eigenvalue weighted by atomic mass is 16.5. The number of para-hydroxylation sites is 2. The summed E-state index contributed by atoms with van der Waals surface area (Å²) in [6, 6.07) is 6.61. The average molecular weight is 320 g/mol. The minimum atomic E-state index is -1.14. The van der Waals surface area contributed by atoms with Gasteiger partial charge in [-0.05, 0) is 32.9 Å². The van der Waals surface area contributed by atoms with Gasteiger partial charge in [0.25, 0.3) is 5.91 Å². The van der Waals surface area contributed by atoms with Crippen LogP contribution in [0.5, 0.6) is 11.5 Å². The number of carbonyl (C=O) groups is 1. The SMILES string of the molecule is COc1ccccc1OC(C)(C)C(=O)NC(C)c1n[nH]c(=O)[nH]1. The van der Waals surface area contributed by atoms with Crippen LogP contribution < -0.4 is 20.5 Å². The number of aromatic amines is 2. The fraction of sp³-hybridized carbons (Fsp3) is 0.400. The fourth-order valence-electron chi connectivity index (χ4n) is 1.95. The van der Waals surface area contributed by atoms with Crippen LogP contribution in [0.1, 0.15) is 32.6 Å². The number of methoxy groups -OCH3 is 1. The molecule has 0 aliphatic heterocycles. The highest BCUT2D eigenvalue weighted by Gasteiger charge is 2.32. The quantitative estimate of drug-likeness (QED) is 0.739. The summed E-state index contributed by atoms with van der Waals surface area (Å²) in [5.41, 5.74) is -1.56. The molecule has 1 aromatic heterocycles. The molecule has 2 rings (SSSR count). The highest BCUT2D eigenvalue weighted by Crippen LogP contribution is 2.29. The number of nitrogens with one attached hydrogen (secondary N) is 3. The number of hydrogen-bond acceptors (Lipinski definition) is 5. The zero-order valence-corrected chi connectivity index (χ0v) is 13.5. The third-order valence-corrected chi connectivity index (χ3v) is 3.26. The Labute approximate surface area is 133 Å². The molecule has 1 heterocycles. The Bertz CT molecular complexity index is 735. The Morgan fingerprint density at radius 2 is 1.96 bits per heavy atom. The fourth-order valence-corrected chi connectivity index (χ4v) is 1.95. The Kier molecular flexibility index (Phi) is 4.73. The van der Waals surface area contributed by atoms with Crippen LogP contribution in [0, 0.1) is 0 Å². The van der Waals surface area contributed by atoms with E-state index in [-0.39, 0.29) is 5.91 Å². The molecule has 1 atom stereocenters. The van der Waals surface area contributed by atoms with Gasteiger partial charge >= 0.3 is 5.69 Å². The van der Waals surface area contributed by atoms with Crippen LogP contribution in [0.3, 0.4) is 0 Å². The third-order valence-electron chi connectivity index (χ3n) is 3.26. The van der Waals surface area contributed by atoms with Gasteiger partial charge in [0.15, 0.2) is 22.9 Å². The van der Waals surface area contributed by atoms with Gasteiger partial charge in [0.05, 0.1) is 13.2 Å². The van der Waals surface area contributed by atoms with E-state index in [9.17, 15) is 9.59 Å². The summed E-state index contributed by atoms with van der Waals surface area (Å²) in [6.07, 6.45) is 0. The molecule has 1 amide bonds. The molecule has 23 heavy (non-hydrogen) atoms. The van der Waals surface area contributed by atoms with Gasteiger partial charge in [-0.25, -0.2) is 9.89 Å². The van der Waals surface area contributed by atoms with Crippen LogP contribution in [0.2, 0.25) is 0 Å². The average Bonchev–Trinajstić information content (AvgIpc) is 2.94. The summed E-state index contributed by atoms with van der Waals surface area (Å²) in [7, 11) is 1.53. The van der Waals surface area contributed by atoms with Crippen molar-refractivity contribution in [3.05, 3.63) is 40.6 Å². The number of H-pyrrole nitrogens is 2. The van der Waals surface area contributed by atoms with Crippen LogP contribution in [-0.2, 0) is 4.79 Å². The van der Waals surface area contributed by atoms with Crippen molar-refractivity contribution in [2.45, 2.75) is 32.4 Å². The highest BCUT2D eigenvalue weighted by molar-refractivity contribution is 5.85. The van der Waals surface area contributed by atoms with E-state index in [1.807, 2.05) is 6.07 Å². The number of rotatable bonds is 6. The molecule has 0 bridgehead atoms. The summed E-state index contributed by atoms with van der Waals surface area (Å²) in [6.45, 7) is 5.01. The Morgan fingerprint density at radius 3 is 2.52 bits per heavy atom. The topological polar surface area (TPSA) is 109 Å². The second kappa shape index (κ2) is 6.55. The van der Waals surface area contributed by atoms with Crippen molar-refractivity contribution in [1.29, 1.82) is 0 Å². The molecule has 0 saturated heterocycles. The second-order valence-electron chi connectivity index (χ2n) is 5.52. The molecule has 0 fully saturated rings. The van der Waals surface area contributed by atoms with Gasteiger partial charge in [-0.3, -0.25) is 9.78 Å². The van der Waals surface area contributed by atoms with Crippen LogP contribution in [0.4, 0.5) is 0 Å². The van der Waals surface area contributed by atoms with E-state index in [1.165, 1.54) is 7.11 Å². The number of ether oxygens (including phenoxy) is 2. The number of carbonyl (C=O) groups excluding carboxylic acids is 1. The first-order chi connectivity index (χ1) is 10.8. The lowest BCUT2D eigenvalue weighted by atomic mass is 10.1. The van der Waals surface area contributed by atoms with Crippen molar-refractivity contribution in [3.8, 4) is 11.5 Å². The lowest BCUT2D eigenvalue weighted by molar-refractivity contribution is -0.135. The van der Waals surface area contributed by atoms with E-state index in [1.54, 1.807) is 39.0 Å². The zero-order chi connectivity index (χ0) is 17.0. The molecule has 0 aliphatic carbocycles. The van der Waals surface area contributed by atoms with Crippen molar-refractivity contribution in [2.24, 2.45) is 0 Å². The molecule has 1 aromatic carbocycles. The van der Waals surface area contributed by atoms with Gasteiger partial charge in [0.2, 0.25) is 0 Å². The molecular formula is C15H20N4O4. The maximum Gasteiger partial charge on any atom is 0.340 e. The number of hydrogen-bond donors (Lipinski definition) is 3. The second-order valence-corrected chi connectivity index (χ2v) is 5.52. The van der Waals surface area contributed by atoms with Gasteiger partial charge in [-0.15, -0.1) is 0 Å². The van der Waals surface area contributed by atoms with E-state index in [2.05, 4.69) is 20.5 Å². The lowest BCUT2D eigenvalue weighted by Crippen LogP contribution is -2.47. The van der Waals surface area contributed by atoms with E-state index in [0.717, 1.165) is 0 Å². The first-order valence-electron chi connectivity index (χ1n) is 7.11. The van der Waals surface area contributed by atoms with E-state index < -0.39 is 17.3 Å². The lowest BCUT2D eigenvalue weighted by Gasteiger charge is -2.27. The van der Waals surface area contributed by atoms with Crippen molar-refractivity contribution in [1.82, 2.24) is 20.5 Å². The molecule has 0 spiro atoms. The molecule has 8 heteroatoms. The zero-order valence-electron chi connectivity index (χ0n) is 13.5. The van der Waals surface area contributed by atoms with E-state index in [4.69, 9.17) is 9.47 Å². The first kappa shape index (κ1) is 16.6. The number of aromatic nitrogens is 3. The van der Waals surface area contributed by atoms with Gasteiger partial charge in [-0.1, -0.05) is 12.1 Å². The van der Waals surface area contributed by atoms with Gasteiger partial charge < -0.3 is 14.8 Å². The normalized spacial score (nSPS) is 12.5. The van der Waals surface area contributed by atoms with Crippen molar-refractivity contribution in [2.75, 3.05) is 7.11 Å². The minimum absolute atomic E-state index is 0.344. The molecule has 3 N–H and O–H groups in total. The molecular weight excluding hydrogens is 300 g/mol. The van der Waals surface area contributed by atoms with Gasteiger partial charge in [0, 0.05) is 0 Å². The monoisotopic (exact) mass is 320 g/mol. The molecule has 8 nitrogen and oxygen atoms in total. The first-order valence-corrected chi connectivity index (χ1v) is 7.11. The number of amides is 1. The maximum absolute atomic E-state index is 12.5. The summed E-state index contributed by atoms with van der Waals surface area (Å²) in [5, 5.41) is 8.80. The molecule has 1 unspecified atom stereocenters. The van der Waals surface area contributed by atoms with Crippen molar-refractivity contribution < 1.29 is 14.3 Å². The van der Waals surface area contributed by atoms with Gasteiger partial charge in [-0.2, -0.15) is 5.10 Å². The molecule has 0 aliphatic rings. The Morgan fingerprint density at radius 1 is 1.30 bits per heavy atom. The minimum Gasteiger partial charge on any atom is -0.493 e. The number of benzene rings is 1. The van der Waals surface area contributed by atoms with E-state index in [0.29, 0.717) is 17.3 Å². The third kappa shape index (κ3) is 3.91. The molecule has 2 aromatic rings. The van der Waals surface area contributed by atoms with Crippen LogP contribution in [-0.4, -0.2) is 33.8 Å². The van der Waals surface area contributed by atoms with Gasteiger partial charge in [0.1, 0.15) is 0 Å². The summed E-state index contributed by atoms with van der Waals surface area (Å²) in [5.74, 6) is 1.00. The summed E-state index contributed by atoms with van der Waals surface area (Å²) < 4.78 is 11.0. The summed E-state index contributed by atoms with van der Waals surface area (Å²) in [4.78, 5) is 26.0. The largest absolute Gasteiger partial charge is 0.493 e. The van der Waals surface area contributed by atoms with Crippen LogP contribution in [0.15, 0.2) is 29.1 Å². The molecule has 124 valence electrons. The maximum atomic E-state index is 12.5. The predicted octanol–water partition coefficient (Wildman–Crippen LogP) is 1.14. The smallest absolute Gasteiger partial charge is 0.340 e. The molecule has 0 saturated carbocycles. The Balaban J connectivity index is 2.09. The molecule has 0 radical (unpaired) electrons. The van der Waals surface area contributed by atoms with Crippen LogP contribution >= 0.6 is 0 Å². The van der Waals surface area contributed by atoms with Crippen molar-refractivity contribution in [3.63, 3.8) is 0 Å². The predicted molar refractivity (Wildman–Crippen MR) is 83.5 cm³/mol. The number of nitrogens with zero attached hydrogens (tertiary/aromatic N) is 1.